The minimum absolute atomic E-state index is 0.0757. The number of amides is 2. The third-order valence-corrected chi connectivity index (χ3v) is 6.41. The Morgan fingerprint density at radius 2 is 1.73 bits per heavy atom. The number of hydrogen-bond acceptors (Lipinski definition) is 4. The van der Waals surface area contributed by atoms with Crippen LogP contribution < -0.4 is 10.6 Å². The molecule has 0 aromatic heterocycles. The highest BCUT2D eigenvalue weighted by molar-refractivity contribution is 6.35. The van der Waals surface area contributed by atoms with E-state index >= 15 is 0 Å². The molecule has 3 atom stereocenters. The predicted molar refractivity (Wildman–Crippen MR) is 117 cm³/mol. The fourth-order valence-electron chi connectivity index (χ4n) is 4.31. The van der Waals surface area contributed by atoms with E-state index in [1.165, 1.54) is 6.42 Å². The summed E-state index contributed by atoms with van der Waals surface area (Å²) < 4.78 is 6.00. The van der Waals surface area contributed by atoms with Gasteiger partial charge in [-0.05, 0) is 50.3 Å². The van der Waals surface area contributed by atoms with Crippen molar-refractivity contribution in [2.45, 2.75) is 69.6 Å². The maximum atomic E-state index is 12.5. The normalized spacial score (nSPS) is 25.0. The quantitative estimate of drug-likeness (QED) is 0.583. The van der Waals surface area contributed by atoms with Gasteiger partial charge in [-0.2, -0.15) is 0 Å². The monoisotopic (exact) mass is 456 g/mol. The molecule has 0 radical (unpaired) electrons. The van der Waals surface area contributed by atoms with E-state index in [0.717, 1.165) is 38.5 Å². The average Bonchev–Trinajstić information content (AvgIpc) is 2.74. The summed E-state index contributed by atoms with van der Waals surface area (Å²) in [5.41, 5.74) is 0.413. The molecule has 1 saturated carbocycles. The molecule has 1 heterocycles. The highest BCUT2D eigenvalue weighted by atomic mass is 35.5. The van der Waals surface area contributed by atoms with E-state index in [4.69, 9.17) is 27.9 Å². The highest BCUT2D eigenvalue weighted by Crippen LogP contribution is 2.26. The first-order valence-corrected chi connectivity index (χ1v) is 11.5. The minimum atomic E-state index is -0.418. The van der Waals surface area contributed by atoms with Crippen LogP contribution in [0.25, 0.3) is 0 Å². The van der Waals surface area contributed by atoms with Gasteiger partial charge in [0, 0.05) is 28.1 Å². The van der Waals surface area contributed by atoms with Crippen LogP contribution in [0.2, 0.25) is 10.0 Å². The van der Waals surface area contributed by atoms with Gasteiger partial charge in [0.1, 0.15) is 6.10 Å². The van der Waals surface area contributed by atoms with Gasteiger partial charge < -0.3 is 20.5 Å². The predicted octanol–water partition coefficient (Wildman–Crippen LogP) is 3.72. The van der Waals surface area contributed by atoms with Gasteiger partial charge in [-0.15, -0.1) is 0 Å². The van der Waals surface area contributed by atoms with Crippen molar-refractivity contribution in [3.05, 3.63) is 33.8 Å². The molecule has 30 heavy (non-hydrogen) atoms. The molecule has 1 aliphatic carbocycles. The van der Waals surface area contributed by atoms with Gasteiger partial charge in [-0.1, -0.05) is 42.5 Å². The van der Waals surface area contributed by atoms with E-state index in [0.29, 0.717) is 28.6 Å². The van der Waals surface area contributed by atoms with Gasteiger partial charge in [-0.25, -0.2) is 0 Å². The molecule has 2 amide bonds. The molecule has 1 aliphatic heterocycles. The maximum Gasteiger partial charge on any atom is 0.251 e. The van der Waals surface area contributed by atoms with Gasteiger partial charge in [-0.3, -0.25) is 9.59 Å². The summed E-state index contributed by atoms with van der Waals surface area (Å²) in [5.74, 6) is -0.0646. The number of rotatable bonds is 7. The Kier molecular flexibility index (Phi) is 8.81. The topological polar surface area (TPSA) is 87.7 Å². The molecule has 0 bridgehead atoms. The van der Waals surface area contributed by atoms with Gasteiger partial charge >= 0.3 is 0 Å². The molecular formula is C22H30Cl2N2O4. The summed E-state index contributed by atoms with van der Waals surface area (Å²) >= 11 is 11.9. The second kappa shape index (κ2) is 11.3. The SMILES string of the molecule is O=C(NCC[C@H]1CC[C@H](NC(=O)C2CCCCC2)[C@H](CO)O1)c1cc(Cl)cc(Cl)c1. The van der Waals surface area contributed by atoms with Crippen LogP contribution in [0.5, 0.6) is 0 Å². The molecular weight excluding hydrogens is 427 g/mol. The number of nitrogens with one attached hydrogen (secondary N) is 2. The standard InChI is InChI=1S/C22H30Cl2N2O4/c23-16-10-15(11-17(24)12-16)21(28)25-9-8-18-6-7-19(20(13-27)30-18)26-22(29)14-4-2-1-3-5-14/h10-12,14,18-20,27H,1-9,13H2,(H,25,28)(H,26,29)/t18-,19+,20+/m1/s1. The lowest BCUT2D eigenvalue weighted by atomic mass is 9.88. The van der Waals surface area contributed by atoms with E-state index in [-0.39, 0.29) is 36.5 Å². The van der Waals surface area contributed by atoms with Crippen LogP contribution in [-0.2, 0) is 9.53 Å². The molecule has 6 nitrogen and oxygen atoms in total. The first-order valence-electron chi connectivity index (χ1n) is 10.8. The summed E-state index contributed by atoms with van der Waals surface area (Å²) in [4.78, 5) is 24.8. The molecule has 2 fully saturated rings. The van der Waals surface area contributed by atoms with Crippen molar-refractivity contribution >= 4 is 35.0 Å². The Hall–Kier alpha value is -1.34. The molecule has 1 saturated heterocycles. The first-order chi connectivity index (χ1) is 14.5. The number of benzene rings is 1. The smallest absolute Gasteiger partial charge is 0.251 e. The summed E-state index contributed by atoms with van der Waals surface area (Å²) in [6, 6.07) is 4.56. The van der Waals surface area contributed by atoms with Crippen molar-refractivity contribution in [2.24, 2.45) is 5.92 Å². The number of aliphatic hydroxyl groups is 1. The van der Waals surface area contributed by atoms with E-state index in [1.54, 1.807) is 18.2 Å². The Balaban J connectivity index is 1.43. The van der Waals surface area contributed by atoms with Crippen molar-refractivity contribution in [1.29, 1.82) is 0 Å². The van der Waals surface area contributed by atoms with Crippen LogP contribution in [-0.4, -0.2) is 48.3 Å². The first kappa shape index (κ1) is 23.3. The van der Waals surface area contributed by atoms with Gasteiger partial charge in [0.2, 0.25) is 5.91 Å². The van der Waals surface area contributed by atoms with Crippen LogP contribution in [0.3, 0.4) is 0 Å². The largest absolute Gasteiger partial charge is 0.394 e. The number of ether oxygens (including phenoxy) is 1. The third kappa shape index (κ3) is 6.58. The lowest BCUT2D eigenvalue weighted by Gasteiger charge is -2.37. The average molecular weight is 457 g/mol. The van der Waals surface area contributed by atoms with Crippen molar-refractivity contribution in [3.8, 4) is 0 Å². The Morgan fingerprint density at radius 1 is 1.03 bits per heavy atom. The molecule has 0 spiro atoms. The number of carbonyl (C=O) groups excluding carboxylic acids is 2. The van der Waals surface area contributed by atoms with E-state index in [1.807, 2.05) is 0 Å². The Bertz CT molecular complexity index is 720. The molecule has 8 heteroatoms. The third-order valence-electron chi connectivity index (χ3n) is 5.98. The number of halogens is 2. The molecule has 3 rings (SSSR count). The van der Waals surface area contributed by atoms with Crippen LogP contribution in [0.1, 0.15) is 61.7 Å². The van der Waals surface area contributed by atoms with Crippen molar-refractivity contribution in [3.63, 3.8) is 0 Å². The minimum Gasteiger partial charge on any atom is -0.394 e. The lowest BCUT2D eigenvalue weighted by molar-refractivity contribution is -0.132. The van der Waals surface area contributed by atoms with Gasteiger partial charge in [0.05, 0.1) is 18.8 Å². The van der Waals surface area contributed by atoms with E-state index in [2.05, 4.69) is 10.6 Å². The molecule has 1 aromatic carbocycles. The summed E-state index contributed by atoms with van der Waals surface area (Å²) in [7, 11) is 0. The fourth-order valence-corrected chi connectivity index (χ4v) is 4.83. The molecule has 0 unspecified atom stereocenters. The molecule has 3 N–H and O–H groups in total. The highest BCUT2D eigenvalue weighted by Gasteiger charge is 2.33. The number of carbonyl (C=O) groups is 2. The van der Waals surface area contributed by atoms with E-state index < -0.39 is 6.10 Å². The zero-order valence-electron chi connectivity index (χ0n) is 17.0. The maximum absolute atomic E-state index is 12.5. The molecule has 2 aliphatic rings. The zero-order valence-corrected chi connectivity index (χ0v) is 18.6. The van der Waals surface area contributed by atoms with Crippen LogP contribution in [0.4, 0.5) is 0 Å². The second-order valence-electron chi connectivity index (χ2n) is 8.21. The van der Waals surface area contributed by atoms with Gasteiger partial charge in [0.25, 0.3) is 5.91 Å². The van der Waals surface area contributed by atoms with Crippen molar-refractivity contribution < 1.29 is 19.4 Å². The number of hydrogen-bond donors (Lipinski definition) is 3. The lowest BCUT2D eigenvalue weighted by Crippen LogP contribution is -2.52. The fraction of sp³-hybridized carbons (Fsp3) is 0.636. The summed E-state index contributed by atoms with van der Waals surface area (Å²) in [6.07, 6.45) is 6.98. The number of aliphatic hydroxyl groups excluding tert-OH is 1. The Morgan fingerprint density at radius 3 is 2.40 bits per heavy atom. The zero-order chi connectivity index (χ0) is 21.5. The summed E-state index contributed by atoms with van der Waals surface area (Å²) in [6.45, 7) is 0.296. The molecule has 1 aromatic rings. The van der Waals surface area contributed by atoms with Crippen molar-refractivity contribution in [1.82, 2.24) is 10.6 Å². The van der Waals surface area contributed by atoms with E-state index in [9.17, 15) is 14.7 Å². The Labute approximate surface area is 187 Å². The van der Waals surface area contributed by atoms with Crippen LogP contribution in [0, 0.1) is 5.92 Å². The molecule has 166 valence electrons. The van der Waals surface area contributed by atoms with Crippen LogP contribution in [0.15, 0.2) is 18.2 Å². The van der Waals surface area contributed by atoms with Crippen LogP contribution >= 0.6 is 23.2 Å². The van der Waals surface area contributed by atoms with Gasteiger partial charge in [0.15, 0.2) is 0 Å². The van der Waals surface area contributed by atoms with Crippen molar-refractivity contribution in [2.75, 3.05) is 13.2 Å². The second-order valence-corrected chi connectivity index (χ2v) is 9.08. The summed E-state index contributed by atoms with van der Waals surface area (Å²) in [5, 5.41) is 16.5.